The van der Waals surface area contributed by atoms with E-state index in [1.165, 1.54) is 5.56 Å². The van der Waals surface area contributed by atoms with Crippen molar-refractivity contribution in [3.63, 3.8) is 0 Å². The van der Waals surface area contributed by atoms with Crippen molar-refractivity contribution in [2.24, 2.45) is 10.8 Å². The molecule has 4 heteroatoms. The van der Waals surface area contributed by atoms with Crippen LogP contribution in [-0.4, -0.2) is 12.4 Å². The zero-order valence-corrected chi connectivity index (χ0v) is 10.6. The van der Waals surface area contributed by atoms with Gasteiger partial charge < -0.3 is 5.43 Å². The molecule has 1 aromatic carbocycles. The molecule has 0 atom stereocenters. The lowest BCUT2D eigenvalue weighted by Gasteiger charge is -2.08. The van der Waals surface area contributed by atoms with Crippen molar-refractivity contribution < 1.29 is 0 Å². The highest BCUT2D eigenvalue weighted by molar-refractivity contribution is 9.10. The van der Waals surface area contributed by atoms with E-state index < -0.39 is 0 Å². The van der Waals surface area contributed by atoms with Crippen molar-refractivity contribution in [2.75, 3.05) is 6.54 Å². The lowest BCUT2D eigenvalue weighted by molar-refractivity contribution is 0.907. The van der Waals surface area contributed by atoms with Gasteiger partial charge in [0, 0.05) is 16.6 Å². The summed E-state index contributed by atoms with van der Waals surface area (Å²) in [6.07, 6.45) is 1.01. The van der Waals surface area contributed by atoms with Crippen molar-refractivity contribution in [1.82, 2.24) is 5.43 Å². The Morgan fingerprint density at radius 3 is 2.80 bits per heavy atom. The van der Waals surface area contributed by atoms with Gasteiger partial charge in [0.15, 0.2) is 0 Å². The molecule has 0 aliphatic heterocycles. The minimum absolute atomic E-state index is 0.726. The van der Waals surface area contributed by atoms with Gasteiger partial charge in [-0.3, -0.25) is 4.99 Å². The molecule has 0 radical (unpaired) electrons. The first-order valence-electron chi connectivity index (χ1n) is 4.96. The maximum atomic E-state index is 5.45. The number of aryl methyl sites for hydroxylation is 1. The van der Waals surface area contributed by atoms with Crippen LogP contribution in [0.5, 0.6) is 0 Å². The summed E-state index contributed by atoms with van der Waals surface area (Å²) in [4.78, 5) is 4.37. The Hall–Kier alpha value is -0.870. The molecule has 3 N–H and O–H groups in total. The van der Waals surface area contributed by atoms with Crippen LogP contribution in [0.2, 0.25) is 0 Å². The summed E-state index contributed by atoms with van der Waals surface area (Å²) in [6, 6.07) is 6.10. The first kappa shape index (κ1) is 12.2. The molecule has 0 aliphatic rings. The second-order valence-electron chi connectivity index (χ2n) is 3.36. The molecule has 1 aromatic rings. The third-order valence-corrected chi connectivity index (χ3v) is 2.67. The van der Waals surface area contributed by atoms with Crippen LogP contribution in [0.3, 0.4) is 0 Å². The third-order valence-electron chi connectivity index (χ3n) is 2.01. The smallest absolute Gasteiger partial charge is 0.143 e. The van der Waals surface area contributed by atoms with Crippen molar-refractivity contribution in [3.05, 3.63) is 33.8 Å². The van der Waals surface area contributed by atoms with Crippen LogP contribution in [0.25, 0.3) is 0 Å². The number of hydrogen-bond donors (Lipinski definition) is 2. The maximum absolute atomic E-state index is 5.45. The van der Waals surface area contributed by atoms with Gasteiger partial charge in [-0.15, -0.1) is 0 Å². The number of amidine groups is 1. The summed E-state index contributed by atoms with van der Waals surface area (Å²) in [7, 11) is 0. The molecule has 3 nitrogen and oxygen atoms in total. The van der Waals surface area contributed by atoms with Gasteiger partial charge in [0.2, 0.25) is 0 Å². The Labute approximate surface area is 98.9 Å². The highest BCUT2D eigenvalue weighted by atomic mass is 79.9. The Kier molecular flexibility index (Phi) is 4.78. The highest BCUT2D eigenvalue weighted by Gasteiger charge is 2.05. The standard InChI is InChI=1S/C11H16BrN3/c1-3-6-14-11(15-13)9-5-4-8(2)7-10(9)12/h4-5,7H,3,6,13H2,1-2H3,(H,14,15). The lowest BCUT2D eigenvalue weighted by atomic mass is 10.1. The van der Waals surface area contributed by atoms with Gasteiger partial charge in [0.1, 0.15) is 5.84 Å². The number of nitrogens with zero attached hydrogens (tertiary/aromatic N) is 1. The van der Waals surface area contributed by atoms with E-state index in [2.05, 4.69) is 33.3 Å². The normalized spacial score (nSPS) is 11.6. The molecule has 82 valence electrons. The molecule has 0 saturated carbocycles. The Bertz CT molecular complexity index is 361. The van der Waals surface area contributed by atoms with Crippen LogP contribution >= 0.6 is 15.9 Å². The number of benzene rings is 1. The zero-order chi connectivity index (χ0) is 11.3. The van der Waals surface area contributed by atoms with Gasteiger partial charge >= 0.3 is 0 Å². The largest absolute Gasteiger partial charge is 0.308 e. The summed E-state index contributed by atoms with van der Waals surface area (Å²) in [6.45, 7) is 4.91. The number of hydrazine groups is 1. The van der Waals surface area contributed by atoms with Crippen molar-refractivity contribution >= 4 is 21.8 Å². The molecule has 0 spiro atoms. The molecular formula is C11H16BrN3. The molecule has 0 bridgehead atoms. The van der Waals surface area contributed by atoms with Gasteiger partial charge in [-0.05, 0) is 31.0 Å². The Balaban J connectivity index is 3.02. The van der Waals surface area contributed by atoms with Crippen molar-refractivity contribution in [2.45, 2.75) is 20.3 Å². The molecule has 0 amide bonds. The van der Waals surface area contributed by atoms with Gasteiger partial charge in [0.05, 0.1) is 0 Å². The number of nitrogens with two attached hydrogens (primary N) is 1. The molecule has 0 saturated heterocycles. The fourth-order valence-corrected chi connectivity index (χ4v) is 1.93. The topological polar surface area (TPSA) is 50.4 Å². The fourth-order valence-electron chi connectivity index (χ4n) is 1.24. The number of aliphatic imine (C=N–C) groups is 1. The molecule has 0 aromatic heterocycles. The van der Waals surface area contributed by atoms with Gasteiger partial charge in [-0.2, -0.15) is 0 Å². The SMILES string of the molecule is CCCN=C(NN)c1ccc(C)cc1Br. The molecule has 0 unspecified atom stereocenters. The lowest BCUT2D eigenvalue weighted by Crippen LogP contribution is -2.31. The fraction of sp³-hybridized carbons (Fsp3) is 0.364. The van der Waals surface area contributed by atoms with Gasteiger partial charge in [-0.1, -0.05) is 28.9 Å². The monoisotopic (exact) mass is 269 g/mol. The Morgan fingerprint density at radius 1 is 1.53 bits per heavy atom. The molecule has 0 aliphatic carbocycles. The molecule has 0 fully saturated rings. The second-order valence-corrected chi connectivity index (χ2v) is 4.21. The third kappa shape index (κ3) is 3.32. The van der Waals surface area contributed by atoms with E-state index in [0.717, 1.165) is 28.8 Å². The highest BCUT2D eigenvalue weighted by Crippen LogP contribution is 2.18. The summed E-state index contributed by atoms with van der Waals surface area (Å²) in [5.74, 6) is 6.18. The van der Waals surface area contributed by atoms with E-state index in [4.69, 9.17) is 5.84 Å². The average Bonchev–Trinajstić information content (AvgIpc) is 2.21. The number of rotatable bonds is 3. The zero-order valence-electron chi connectivity index (χ0n) is 9.05. The number of hydrogen-bond acceptors (Lipinski definition) is 2. The van der Waals surface area contributed by atoms with Crippen LogP contribution in [0, 0.1) is 6.92 Å². The van der Waals surface area contributed by atoms with E-state index in [-0.39, 0.29) is 0 Å². The van der Waals surface area contributed by atoms with Crippen LogP contribution < -0.4 is 11.3 Å². The molecule has 0 heterocycles. The first-order valence-corrected chi connectivity index (χ1v) is 5.76. The minimum Gasteiger partial charge on any atom is -0.308 e. The second kappa shape index (κ2) is 5.88. The molecular weight excluding hydrogens is 254 g/mol. The summed E-state index contributed by atoms with van der Waals surface area (Å²) in [5, 5.41) is 0. The van der Waals surface area contributed by atoms with E-state index in [1.54, 1.807) is 0 Å². The summed E-state index contributed by atoms with van der Waals surface area (Å²) < 4.78 is 1.01. The quantitative estimate of drug-likeness (QED) is 0.383. The van der Waals surface area contributed by atoms with Crippen molar-refractivity contribution in [1.29, 1.82) is 0 Å². The van der Waals surface area contributed by atoms with Gasteiger partial charge in [0.25, 0.3) is 0 Å². The molecule has 1 rings (SSSR count). The van der Waals surface area contributed by atoms with Crippen LogP contribution in [0.15, 0.2) is 27.7 Å². The maximum Gasteiger partial charge on any atom is 0.143 e. The predicted molar refractivity (Wildman–Crippen MR) is 67.9 cm³/mol. The van der Waals surface area contributed by atoms with E-state index >= 15 is 0 Å². The average molecular weight is 270 g/mol. The van der Waals surface area contributed by atoms with Crippen LogP contribution in [0.1, 0.15) is 24.5 Å². The van der Waals surface area contributed by atoms with E-state index in [9.17, 15) is 0 Å². The van der Waals surface area contributed by atoms with E-state index in [1.807, 2.05) is 25.1 Å². The predicted octanol–water partition coefficient (Wildman–Crippen LogP) is 2.38. The summed E-state index contributed by atoms with van der Waals surface area (Å²) in [5.41, 5.74) is 4.84. The summed E-state index contributed by atoms with van der Waals surface area (Å²) >= 11 is 3.50. The number of halogens is 1. The minimum atomic E-state index is 0.726. The van der Waals surface area contributed by atoms with Crippen molar-refractivity contribution in [3.8, 4) is 0 Å². The van der Waals surface area contributed by atoms with Crippen LogP contribution in [-0.2, 0) is 0 Å². The van der Waals surface area contributed by atoms with Crippen LogP contribution in [0.4, 0.5) is 0 Å². The number of nitrogens with one attached hydrogen (secondary N) is 1. The first-order chi connectivity index (χ1) is 7.19. The molecule has 15 heavy (non-hydrogen) atoms. The Morgan fingerprint density at radius 2 is 2.27 bits per heavy atom. The van der Waals surface area contributed by atoms with E-state index in [0.29, 0.717) is 0 Å². The van der Waals surface area contributed by atoms with Gasteiger partial charge in [-0.25, -0.2) is 5.84 Å².